The van der Waals surface area contributed by atoms with E-state index in [4.69, 9.17) is 0 Å². The van der Waals surface area contributed by atoms with Crippen molar-refractivity contribution in [1.29, 1.82) is 0 Å². The average Bonchev–Trinajstić information content (AvgIpc) is 2.66. The van der Waals surface area contributed by atoms with Crippen molar-refractivity contribution in [3.8, 4) is 0 Å². The van der Waals surface area contributed by atoms with Crippen molar-refractivity contribution in [3.63, 3.8) is 0 Å². The molecule has 0 radical (unpaired) electrons. The zero-order chi connectivity index (χ0) is 18.1. The highest BCUT2D eigenvalue weighted by molar-refractivity contribution is 5.94. The number of aromatic nitrogens is 2. The summed E-state index contributed by atoms with van der Waals surface area (Å²) in [6.07, 6.45) is 5.66. The van der Waals surface area contributed by atoms with Crippen molar-refractivity contribution in [1.82, 2.24) is 15.3 Å². The van der Waals surface area contributed by atoms with Crippen molar-refractivity contribution in [2.24, 2.45) is 0 Å². The number of carbonyl (C=O) groups is 1. The second-order valence-corrected chi connectivity index (χ2v) is 6.00. The summed E-state index contributed by atoms with van der Waals surface area (Å²) in [5.74, 6) is -0.300. The lowest BCUT2D eigenvalue weighted by atomic mass is 10.0. The summed E-state index contributed by atoms with van der Waals surface area (Å²) in [5, 5.41) is 22.1. The van der Waals surface area contributed by atoms with E-state index >= 15 is 0 Å². The molecule has 0 saturated carbocycles. The van der Waals surface area contributed by atoms with E-state index in [2.05, 4.69) is 22.2 Å². The minimum absolute atomic E-state index is 0.293. The number of amides is 1. The number of rotatable bonds is 9. The molecule has 0 unspecified atom stereocenters. The van der Waals surface area contributed by atoms with Gasteiger partial charge in [-0.2, -0.15) is 0 Å². The molecule has 0 fully saturated rings. The van der Waals surface area contributed by atoms with Crippen LogP contribution >= 0.6 is 0 Å². The van der Waals surface area contributed by atoms with E-state index in [0.717, 1.165) is 25.0 Å². The number of benzene rings is 1. The molecule has 2 atom stereocenters. The van der Waals surface area contributed by atoms with E-state index < -0.39 is 18.8 Å². The maximum atomic E-state index is 12.3. The molecule has 3 N–H and O–H groups in total. The summed E-state index contributed by atoms with van der Waals surface area (Å²) < 4.78 is 0. The quantitative estimate of drug-likeness (QED) is 0.641. The van der Waals surface area contributed by atoms with Crippen molar-refractivity contribution in [2.45, 2.75) is 44.8 Å². The minimum Gasteiger partial charge on any atom is -0.394 e. The van der Waals surface area contributed by atoms with E-state index in [9.17, 15) is 15.0 Å². The molecule has 0 saturated heterocycles. The number of nitrogens with zero attached hydrogens (tertiary/aromatic N) is 2. The molecular weight excluding hydrogens is 318 g/mol. The van der Waals surface area contributed by atoms with Gasteiger partial charge < -0.3 is 15.5 Å². The van der Waals surface area contributed by atoms with Gasteiger partial charge in [-0.05, 0) is 25.0 Å². The molecule has 134 valence electrons. The first-order chi connectivity index (χ1) is 12.1. The molecule has 1 aromatic heterocycles. The van der Waals surface area contributed by atoms with E-state index in [1.54, 1.807) is 36.7 Å². The van der Waals surface area contributed by atoms with E-state index in [0.29, 0.717) is 17.7 Å². The highest BCUT2D eigenvalue weighted by Crippen LogP contribution is 2.07. The number of hydrogen-bond donors (Lipinski definition) is 3. The predicted octanol–water partition coefficient (Wildman–Crippen LogP) is 1.51. The zero-order valence-corrected chi connectivity index (χ0v) is 14.4. The Bertz CT molecular complexity index is 647. The van der Waals surface area contributed by atoms with Crippen molar-refractivity contribution < 1.29 is 15.0 Å². The maximum absolute atomic E-state index is 12.3. The normalized spacial score (nSPS) is 13.2. The van der Waals surface area contributed by atoms with E-state index in [1.807, 2.05) is 6.07 Å². The summed E-state index contributed by atoms with van der Waals surface area (Å²) in [5.41, 5.74) is 2.09. The van der Waals surface area contributed by atoms with Gasteiger partial charge in [-0.25, -0.2) is 0 Å². The third-order valence-corrected chi connectivity index (χ3v) is 3.98. The Morgan fingerprint density at radius 1 is 1.16 bits per heavy atom. The standard InChI is InChI=1S/C19H25N3O3/c1-2-3-9-15-11-21-16(12-20-15)10-17(18(24)13-23)22-19(25)14-7-5-4-6-8-14/h4-8,11-12,17-18,23-24H,2-3,9-10,13H2,1H3,(H,22,25)/t17-,18+/m0/s1. The fraction of sp³-hybridized carbons (Fsp3) is 0.421. The monoisotopic (exact) mass is 343 g/mol. The summed E-state index contributed by atoms with van der Waals surface area (Å²) in [6.45, 7) is 1.68. The topological polar surface area (TPSA) is 95.3 Å². The molecule has 1 amide bonds. The maximum Gasteiger partial charge on any atom is 0.251 e. The molecule has 6 heteroatoms. The summed E-state index contributed by atoms with van der Waals surface area (Å²) in [7, 11) is 0. The Labute approximate surface area is 148 Å². The fourth-order valence-corrected chi connectivity index (χ4v) is 2.45. The number of nitrogens with one attached hydrogen (secondary N) is 1. The number of unbranched alkanes of at least 4 members (excludes halogenated alkanes) is 1. The van der Waals surface area contributed by atoms with Crippen LogP contribution in [0.5, 0.6) is 0 Å². The number of aliphatic hydroxyl groups excluding tert-OH is 2. The van der Waals surface area contributed by atoms with E-state index in [-0.39, 0.29) is 5.91 Å². The van der Waals surface area contributed by atoms with Crippen LogP contribution in [0.25, 0.3) is 0 Å². The zero-order valence-electron chi connectivity index (χ0n) is 14.4. The van der Waals surface area contributed by atoms with Gasteiger partial charge in [0, 0.05) is 24.4 Å². The molecule has 0 bridgehead atoms. The number of aliphatic hydroxyl groups is 2. The Balaban J connectivity index is 2.03. The fourth-order valence-electron chi connectivity index (χ4n) is 2.45. The van der Waals surface area contributed by atoms with Crippen LogP contribution in [0.3, 0.4) is 0 Å². The first-order valence-electron chi connectivity index (χ1n) is 8.58. The van der Waals surface area contributed by atoms with Gasteiger partial charge in [-0.15, -0.1) is 0 Å². The first-order valence-corrected chi connectivity index (χ1v) is 8.58. The van der Waals surface area contributed by atoms with Gasteiger partial charge in [-0.3, -0.25) is 14.8 Å². The van der Waals surface area contributed by atoms with Crippen LogP contribution in [-0.2, 0) is 12.8 Å². The van der Waals surface area contributed by atoms with Crippen LogP contribution in [0.15, 0.2) is 42.7 Å². The lowest BCUT2D eigenvalue weighted by molar-refractivity contribution is 0.0565. The summed E-state index contributed by atoms with van der Waals surface area (Å²) >= 11 is 0. The molecule has 2 rings (SSSR count). The molecule has 2 aromatic rings. The number of aryl methyl sites for hydroxylation is 1. The molecule has 0 aliphatic carbocycles. The van der Waals surface area contributed by atoms with Crippen LogP contribution in [0.1, 0.15) is 41.5 Å². The Morgan fingerprint density at radius 2 is 1.84 bits per heavy atom. The highest BCUT2D eigenvalue weighted by Gasteiger charge is 2.22. The smallest absolute Gasteiger partial charge is 0.251 e. The van der Waals surface area contributed by atoms with Gasteiger partial charge in [0.1, 0.15) is 0 Å². The second kappa shape index (κ2) is 9.86. The van der Waals surface area contributed by atoms with Crippen LogP contribution in [0.2, 0.25) is 0 Å². The number of hydrogen-bond acceptors (Lipinski definition) is 5. The van der Waals surface area contributed by atoms with Crippen LogP contribution < -0.4 is 5.32 Å². The minimum atomic E-state index is -1.07. The van der Waals surface area contributed by atoms with E-state index in [1.165, 1.54) is 0 Å². The predicted molar refractivity (Wildman–Crippen MR) is 95.1 cm³/mol. The van der Waals surface area contributed by atoms with Crippen molar-refractivity contribution in [2.75, 3.05) is 6.61 Å². The molecule has 1 aromatic carbocycles. The van der Waals surface area contributed by atoms with Gasteiger partial charge in [0.2, 0.25) is 0 Å². The molecule has 1 heterocycles. The third kappa shape index (κ3) is 5.92. The Morgan fingerprint density at radius 3 is 2.44 bits per heavy atom. The van der Waals surface area contributed by atoms with Gasteiger partial charge in [0.05, 0.1) is 30.1 Å². The van der Waals surface area contributed by atoms with Crippen LogP contribution in [0, 0.1) is 0 Å². The lowest BCUT2D eigenvalue weighted by Crippen LogP contribution is -2.46. The van der Waals surface area contributed by atoms with Gasteiger partial charge in [0.15, 0.2) is 0 Å². The SMILES string of the molecule is CCCCc1cnc(C[C@H](NC(=O)c2ccccc2)[C@H](O)CO)cn1. The highest BCUT2D eigenvalue weighted by atomic mass is 16.3. The average molecular weight is 343 g/mol. The summed E-state index contributed by atoms with van der Waals surface area (Å²) in [6, 6.07) is 8.11. The lowest BCUT2D eigenvalue weighted by Gasteiger charge is -2.22. The largest absolute Gasteiger partial charge is 0.394 e. The first kappa shape index (κ1) is 19.0. The third-order valence-electron chi connectivity index (χ3n) is 3.98. The molecule has 6 nitrogen and oxygen atoms in total. The Hall–Kier alpha value is -2.31. The van der Waals surface area contributed by atoms with Crippen LogP contribution in [0.4, 0.5) is 0 Å². The molecule has 0 aliphatic rings. The van der Waals surface area contributed by atoms with Crippen molar-refractivity contribution >= 4 is 5.91 Å². The van der Waals surface area contributed by atoms with Gasteiger partial charge in [-0.1, -0.05) is 31.5 Å². The second-order valence-electron chi connectivity index (χ2n) is 6.00. The number of carbonyl (C=O) groups excluding carboxylic acids is 1. The molecule has 0 spiro atoms. The van der Waals surface area contributed by atoms with Crippen LogP contribution in [-0.4, -0.2) is 44.8 Å². The van der Waals surface area contributed by atoms with Gasteiger partial charge >= 0.3 is 0 Å². The summed E-state index contributed by atoms with van der Waals surface area (Å²) in [4.78, 5) is 21.0. The molecular formula is C19H25N3O3. The molecule has 25 heavy (non-hydrogen) atoms. The molecule has 0 aliphatic heterocycles. The van der Waals surface area contributed by atoms with Crippen molar-refractivity contribution in [3.05, 3.63) is 59.7 Å². The Kier molecular flexibility index (Phi) is 7.50. The van der Waals surface area contributed by atoms with Gasteiger partial charge in [0.25, 0.3) is 5.91 Å².